The van der Waals surface area contributed by atoms with Crippen LogP contribution < -0.4 is 5.73 Å². The summed E-state index contributed by atoms with van der Waals surface area (Å²) in [4.78, 5) is 14.8. The van der Waals surface area contributed by atoms with Crippen molar-refractivity contribution >= 4 is 5.91 Å². The Morgan fingerprint density at radius 3 is 1.22 bits per heavy atom. The number of unbranched alkanes of at least 4 members (excludes halogenated alkanes) is 16. The third kappa shape index (κ3) is 17.5. The van der Waals surface area contributed by atoms with Gasteiger partial charge in [-0.2, -0.15) is 0 Å². The predicted molar refractivity (Wildman–Crippen MR) is 161 cm³/mol. The summed E-state index contributed by atoms with van der Waals surface area (Å²) in [5, 5.41) is 0. The minimum Gasteiger partial charge on any atom is -0.369 e. The van der Waals surface area contributed by atoms with Crippen molar-refractivity contribution in [3.63, 3.8) is 0 Å². The van der Waals surface area contributed by atoms with Gasteiger partial charge in [0.2, 0.25) is 5.91 Å². The van der Waals surface area contributed by atoms with Crippen LogP contribution in [0.5, 0.6) is 0 Å². The molecule has 0 aromatic rings. The van der Waals surface area contributed by atoms with Crippen LogP contribution in [0.3, 0.4) is 0 Å². The number of hydrogen-bond acceptors (Lipinski definition) is 2. The van der Waals surface area contributed by atoms with Gasteiger partial charge in [0.05, 0.1) is 0 Å². The van der Waals surface area contributed by atoms with Gasteiger partial charge in [0.1, 0.15) is 0 Å². The van der Waals surface area contributed by atoms with Gasteiger partial charge in [0.25, 0.3) is 0 Å². The van der Waals surface area contributed by atoms with Crippen molar-refractivity contribution in [3.8, 4) is 0 Å². The summed E-state index contributed by atoms with van der Waals surface area (Å²) in [7, 11) is 0. The van der Waals surface area contributed by atoms with E-state index in [0.717, 1.165) is 18.4 Å². The Balaban J connectivity index is 4.76. The molecular formula is C33H66N2O. The molecule has 0 aliphatic carbocycles. The van der Waals surface area contributed by atoms with Crippen molar-refractivity contribution in [1.29, 1.82) is 0 Å². The topological polar surface area (TPSA) is 46.3 Å². The quantitative estimate of drug-likeness (QED) is 0.0936. The van der Waals surface area contributed by atoms with E-state index in [2.05, 4.69) is 39.5 Å². The van der Waals surface area contributed by atoms with Gasteiger partial charge >= 0.3 is 0 Å². The second-order valence-electron chi connectivity index (χ2n) is 11.5. The Hall–Kier alpha value is -0.990. The van der Waals surface area contributed by atoms with E-state index >= 15 is 0 Å². The van der Waals surface area contributed by atoms with Gasteiger partial charge < -0.3 is 10.6 Å². The lowest BCUT2D eigenvalue weighted by Crippen LogP contribution is -2.41. The molecule has 2 unspecified atom stereocenters. The molecule has 214 valence electrons. The fraction of sp³-hybridized carbons (Fsp3) is 0.909. The van der Waals surface area contributed by atoms with Crippen LogP contribution in [-0.2, 0) is 4.79 Å². The first-order valence-corrected chi connectivity index (χ1v) is 16.2. The molecule has 2 atom stereocenters. The second kappa shape index (κ2) is 24.4. The Labute approximate surface area is 227 Å². The maximum absolute atomic E-state index is 12.2. The standard InChI is InChI=1S/C33H66N2O/c1-7-10-12-14-16-18-20-22-24-27-29(4)35(32(26-9-3)31(6)33(34)36)30(5)28-25-23-21-19-17-15-13-11-8-2/h29-30H,7-28H2,1-6H3,(H2,34,36)/b32-31+. The number of amides is 1. The SMILES string of the molecule is CCCCCCCCCCCC(C)N(/C(CCC)=C(\C)C(N)=O)C(C)CCCCCCCCCCC. The van der Waals surface area contributed by atoms with E-state index in [4.69, 9.17) is 5.73 Å². The molecule has 0 saturated heterocycles. The number of primary amides is 1. The van der Waals surface area contributed by atoms with Crippen LogP contribution in [0, 0.1) is 0 Å². The molecule has 0 saturated carbocycles. The fourth-order valence-electron chi connectivity index (χ4n) is 5.63. The van der Waals surface area contributed by atoms with Crippen LogP contribution in [0.15, 0.2) is 11.3 Å². The van der Waals surface area contributed by atoms with Gasteiger partial charge in [-0.25, -0.2) is 0 Å². The largest absolute Gasteiger partial charge is 0.369 e. The van der Waals surface area contributed by atoms with Crippen molar-refractivity contribution in [3.05, 3.63) is 11.3 Å². The number of carbonyl (C=O) groups is 1. The second-order valence-corrected chi connectivity index (χ2v) is 11.5. The Morgan fingerprint density at radius 2 is 0.917 bits per heavy atom. The van der Waals surface area contributed by atoms with Crippen molar-refractivity contribution in [2.75, 3.05) is 0 Å². The van der Waals surface area contributed by atoms with Crippen molar-refractivity contribution in [2.24, 2.45) is 5.73 Å². The molecule has 0 aliphatic heterocycles. The van der Waals surface area contributed by atoms with Gasteiger partial charge in [-0.05, 0) is 40.0 Å². The van der Waals surface area contributed by atoms with Gasteiger partial charge in [-0.3, -0.25) is 4.79 Å². The van der Waals surface area contributed by atoms with Gasteiger partial charge in [-0.1, -0.05) is 143 Å². The first-order valence-electron chi connectivity index (χ1n) is 16.2. The summed E-state index contributed by atoms with van der Waals surface area (Å²) >= 11 is 0. The Kier molecular flexibility index (Phi) is 23.7. The van der Waals surface area contributed by atoms with Crippen LogP contribution in [-0.4, -0.2) is 22.9 Å². The van der Waals surface area contributed by atoms with E-state index in [-0.39, 0.29) is 5.91 Å². The van der Waals surface area contributed by atoms with Gasteiger partial charge in [-0.15, -0.1) is 0 Å². The van der Waals surface area contributed by atoms with Crippen LogP contribution in [0.1, 0.15) is 183 Å². The van der Waals surface area contributed by atoms with Crippen LogP contribution in [0.25, 0.3) is 0 Å². The highest BCUT2D eigenvalue weighted by atomic mass is 16.1. The zero-order chi connectivity index (χ0) is 27.0. The lowest BCUT2D eigenvalue weighted by Gasteiger charge is -2.40. The molecule has 0 aromatic carbocycles. The molecule has 0 fully saturated rings. The molecule has 36 heavy (non-hydrogen) atoms. The summed E-state index contributed by atoms with van der Waals surface area (Å²) < 4.78 is 0. The first kappa shape index (κ1) is 35.0. The minimum atomic E-state index is -0.256. The highest BCUT2D eigenvalue weighted by molar-refractivity contribution is 5.92. The average molecular weight is 507 g/mol. The number of nitrogens with zero attached hydrogens (tertiary/aromatic N) is 1. The molecule has 1 amide bonds. The third-order valence-electron chi connectivity index (χ3n) is 8.00. The molecule has 0 bridgehead atoms. The van der Waals surface area contributed by atoms with E-state index in [1.807, 2.05) is 6.92 Å². The molecule has 0 heterocycles. The molecule has 0 aromatic heterocycles. The maximum atomic E-state index is 12.2. The monoisotopic (exact) mass is 507 g/mol. The lowest BCUT2D eigenvalue weighted by molar-refractivity contribution is -0.114. The summed E-state index contributed by atoms with van der Waals surface area (Å²) in [6.07, 6.45) is 29.0. The Bertz CT molecular complexity index is 514. The molecule has 2 N–H and O–H groups in total. The van der Waals surface area contributed by atoms with Gasteiger partial charge in [0.15, 0.2) is 0 Å². The van der Waals surface area contributed by atoms with Crippen LogP contribution in [0.2, 0.25) is 0 Å². The zero-order valence-electron chi connectivity index (χ0n) is 25.6. The smallest absolute Gasteiger partial charge is 0.246 e. The summed E-state index contributed by atoms with van der Waals surface area (Å²) in [6.45, 7) is 13.5. The normalized spacial score (nSPS) is 13.9. The third-order valence-corrected chi connectivity index (χ3v) is 8.00. The highest BCUT2D eigenvalue weighted by Gasteiger charge is 2.24. The van der Waals surface area contributed by atoms with Gasteiger partial charge in [0, 0.05) is 23.4 Å². The fourth-order valence-corrected chi connectivity index (χ4v) is 5.63. The molecule has 0 radical (unpaired) electrons. The van der Waals surface area contributed by atoms with E-state index in [0.29, 0.717) is 12.1 Å². The summed E-state index contributed by atoms with van der Waals surface area (Å²) in [5.74, 6) is -0.256. The number of nitrogens with two attached hydrogens (primary N) is 1. The maximum Gasteiger partial charge on any atom is 0.246 e. The number of hydrogen-bond donors (Lipinski definition) is 1. The molecular weight excluding hydrogens is 440 g/mol. The van der Waals surface area contributed by atoms with Crippen molar-refractivity contribution in [1.82, 2.24) is 4.90 Å². The van der Waals surface area contributed by atoms with Crippen LogP contribution >= 0.6 is 0 Å². The van der Waals surface area contributed by atoms with E-state index in [1.54, 1.807) is 0 Å². The number of rotatable bonds is 26. The molecule has 0 rings (SSSR count). The number of allylic oxidation sites excluding steroid dienone is 1. The molecule has 3 heteroatoms. The van der Waals surface area contributed by atoms with Crippen molar-refractivity contribution < 1.29 is 4.79 Å². The molecule has 0 spiro atoms. The zero-order valence-corrected chi connectivity index (χ0v) is 25.6. The predicted octanol–water partition coefficient (Wildman–Crippen LogP) is 10.5. The number of carbonyl (C=O) groups excluding carboxylic acids is 1. The van der Waals surface area contributed by atoms with E-state index in [1.165, 1.54) is 134 Å². The average Bonchev–Trinajstić information content (AvgIpc) is 2.85. The highest BCUT2D eigenvalue weighted by Crippen LogP contribution is 2.27. The summed E-state index contributed by atoms with van der Waals surface area (Å²) in [6, 6.07) is 0.915. The lowest BCUT2D eigenvalue weighted by atomic mass is 9.98. The Morgan fingerprint density at radius 1 is 0.583 bits per heavy atom. The molecule has 0 aliphatic rings. The van der Waals surface area contributed by atoms with E-state index in [9.17, 15) is 4.79 Å². The van der Waals surface area contributed by atoms with Crippen molar-refractivity contribution in [2.45, 2.75) is 195 Å². The van der Waals surface area contributed by atoms with Crippen LogP contribution in [0.4, 0.5) is 0 Å². The van der Waals surface area contributed by atoms with E-state index < -0.39 is 0 Å². The summed E-state index contributed by atoms with van der Waals surface area (Å²) in [5.41, 5.74) is 7.76. The minimum absolute atomic E-state index is 0.256. The molecule has 3 nitrogen and oxygen atoms in total. The first-order chi connectivity index (χ1) is 17.4.